The molecule has 13 heteroatoms. The molecule has 164 valence electrons. The van der Waals surface area contributed by atoms with Crippen molar-refractivity contribution in [1.29, 1.82) is 0 Å². The summed E-state index contributed by atoms with van der Waals surface area (Å²) in [5.74, 6) is -7.14. The molecule has 0 amide bonds. The van der Waals surface area contributed by atoms with Crippen molar-refractivity contribution in [1.82, 2.24) is 0 Å². The molecule has 28 heavy (non-hydrogen) atoms. The van der Waals surface area contributed by atoms with Gasteiger partial charge < -0.3 is 19.3 Å². The maximum Gasteiger partial charge on any atom is 0.431 e. The summed E-state index contributed by atoms with van der Waals surface area (Å²) in [4.78, 5) is 11.8. The largest absolute Gasteiger partial charge is 0.456 e. The lowest BCUT2D eigenvalue weighted by Gasteiger charge is -2.23. The number of carbonyl (C=O) groups is 1. The smallest absolute Gasteiger partial charge is 0.431 e. The topological polar surface area (TPSA) is 119 Å². The maximum atomic E-state index is 13.3. The number of ether oxygens (including phenoxy) is 3. The second-order valence-corrected chi connectivity index (χ2v) is 7.99. The SMILES string of the molecule is C=C(COCCCCC(F)(F)C(F)(F)S(=O)(=O)O)C(=O)OC1COC(C)(O)C1. The number of unbranched alkanes of at least 4 members (excludes halogenated alkanes) is 1. The van der Waals surface area contributed by atoms with Crippen LogP contribution in [-0.2, 0) is 29.1 Å². The van der Waals surface area contributed by atoms with Crippen LogP contribution in [0.3, 0.4) is 0 Å². The van der Waals surface area contributed by atoms with E-state index in [-0.39, 0.29) is 38.2 Å². The van der Waals surface area contributed by atoms with Crippen LogP contribution in [0.1, 0.15) is 32.6 Å². The highest BCUT2D eigenvalue weighted by Crippen LogP contribution is 2.41. The molecule has 1 aliphatic heterocycles. The molecule has 0 aromatic rings. The molecule has 0 radical (unpaired) electrons. The Bertz CT molecular complexity index is 678. The van der Waals surface area contributed by atoms with Crippen molar-refractivity contribution in [2.24, 2.45) is 0 Å². The Morgan fingerprint density at radius 3 is 2.43 bits per heavy atom. The summed E-state index contributed by atoms with van der Waals surface area (Å²) in [5.41, 5.74) is -0.0882. The van der Waals surface area contributed by atoms with Gasteiger partial charge in [0.1, 0.15) is 6.10 Å². The van der Waals surface area contributed by atoms with Gasteiger partial charge in [-0.05, 0) is 19.8 Å². The van der Waals surface area contributed by atoms with Crippen LogP contribution in [0.2, 0.25) is 0 Å². The molecule has 0 aromatic carbocycles. The van der Waals surface area contributed by atoms with Crippen molar-refractivity contribution in [2.75, 3.05) is 19.8 Å². The van der Waals surface area contributed by atoms with Gasteiger partial charge >= 0.3 is 27.3 Å². The fourth-order valence-corrected chi connectivity index (χ4v) is 2.74. The van der Waals surface area contributed by atoms with Crippen molar-refractivity contribution >= 4 is 16.1 Å². The lowest BCUT2D eigenvalue weighted by Crippen LogP contribution is -2.46. The number of rotatable bonds is 11. The summed E-state index contributed by atoms with van der Waals surface area (Å²) in [6, 6.07) is 0. The zero-order valence-corrected chi connectivity index (χ0v) is 15.8. The first-order valence-corrected chi connectivity index (χ1v) is 9.58. The first kappa shape index (κ1) is 24.8. The molecule has 2 atom stereocenters. The minimum Gasteiger partial charge on any atom is -0.456 e. The third kappa shape index (κ3) is 6.65. The Hall–Kier alpha value is -1.28. The normalized spacial score (nSPS) is 23.6. The van der Waals surface area contributed by atoms with Crippen LogP contribution >= 0.6 is 0 Å². The second-order valence-electron chi connectivity index (χ2n) is 6.53. The predicted molar refractivity (Wildman–Crippen MR) is 86.3 cm³/mol. The molecule has 1 saturated heterocycles. The summed E-state index contributed by atoms with van der Waals surface area (Å²) in [7, 11) is -6.25. The standard InChI is InChI=1S/C15H22F4O8S/c1-10(12(20)27-11-7-13(2,21)26-9-11)8-25-6-4-3-5-14(16,17)15(18,19)28(22,23)24/h11,21H,1,3-9H2,2H3,(H,22,23,24). The third-order valence-corrected chi connectivity index (χ3v) is 4.75. The molecule has 1 rings (SSSR count). The maximum absolute atomic E-state index is 13.3. The molecule has 1 heterocycles. The minimum atomic E-state index is -6.25. The Kier molecular flexibility index (Phi) is 7.98. The van der Waals surface area contributed by atoms with E-state index in [1.165, 1.54) is 6.92 Å². The van der Waals surface area contributed by atoms with Crippen LogP contribution in [0.5, 0.6) is 0 Å². The Balaban J connectivity index is 2.26. The molecule has 0 spiro atoms. The summed E-state index contributed by atoms with van der Waals surface area (Å²) >= 11 is 0. The highest BCUT2D eigenvalue weighted by atomic mass is 32.2. The summed E-state index contributed by atoms with van der Waals surface area (Å²) in [6.07, 6.45) is -2.74. The molecular formula is C15H22F4O8S. The van der Waals surface area contributed by atoms with Gasteiger partial charge in [0.05, 0.1) is 18.8 Å². The number of carbonyl (C=O) groups excluding carboxylic acids is 1. The highest BCUT2D eigenvalue weighted by molar-refractivity contribution is 7.87. The van der Waals surface area contributed by atoms with Gasteiger partial charge in [0.2, 0.25) is 0 Å². The average Bonchev–Trinajstić information content (AvgIpc) is 2.87. The van der Waals surface area contributed by atoms with Crippen LogP contribution < -0.4 is 0 Å². The van der Waals surface area contributed by atoms with Crippen LogP contribution in [0.25, 0.3) is 0 Å². The zero-order chi connectivity index (χ0) is 21.8. The lowest BCUT2D eigenvalue weighted by atomic mass is 10.1. The molecule has 2 unspecified atom stereocenters. The van der Waals surface area contributed by atoms with Gasteiger partial charge in [0.15, 0.2) is 5.79 Å². The Labute approximate surface area is 159 Å². The first-order valence-electron chi connectivity index (χ1n) is 8.14. The van der Waals surface area contributed by atoms with Crippen molar-refractivity contribution in [3.63, 3.8) is 0 Å². The zero-order valence-electron chi connectivity index (χ0n) is 15.0. The van der Waals surface area contributed by atoms with E-state index in [0.29, 0.717) is 0 Å². The van der Waals surface area contributed by atoms with Crippen molar-refractivity contribution < 1.29 is 54.6 Å². The van der Waals surface area contributed by atoms with Gasteiger partial charge in [0.25, 0.3) is 0 Å². The van der Waals surface area contributed by atoms with Gasteiger partial charge in [-0.25, -0.2) is 4.79 Å². The van der Waals surface area contributed by atoms with Gasteiger partial charge in [-0.2, -0.15) is 26.0 Å². The number of halogens is 4. The van der Waals surface area contributed by atoms with Gasteiger partial charge in [-0.15, -0.1) is 0 Å². The van der Waals surface area contributed by atoms with Gasteiger partial charge in [0, 0.05) is 19.4 Å². The molecule has 0 aliphatic carbocycles. The fourth-order valence-electron chi connectivity index (χ4n) is 2.26. The molecule has 0 aromatic heterocycles. The van der Waals surface area contributed by atoms with E-state index in [9.17, 15) is 35.9 Å². The van der Waals surface area contributed by atoms with Crippen LogP contribution in [-0.4, -0.2) is 66.9 Å². The van der Waals surface area contributed by atoms with E-state index < -0.39 is 52.0 Å². The van der Waals surface area contributed by atoms with E-state index in [1.54, 1.807) is 0 Å². The highest BCUT2D eigenvalue weighted by Gasteiger charge is 2.64. The van der Waals surface area contributed by atoms with E-state index in [4.69, 9.17) is 18.8 Å². The fraction of sp³-hybridized carbons (Fsp3) is 0.800. The monoisotopic (exact) mass is 438 g/mol. The number of alkyl halides is 4. The number of esters is 1. The summed E-state index contributed by atoms with van der Waals surface area (Å²) in [5, 5.41) is 3.99. The summed E-state index contributed by atoms with van der Waals surface area (Å²) < 4.78 is 96.4. The van der Waals surface area contributed by atoms with Gasteiger partial charge in [-0.1, -0.05) is 6.58 Å². The molecular weight excluding hydrogens is 416 g/mol. The minimum absolute atomic E-state index is 0.00921. The number of hydrogen-bond acceptors (Lipinski definition) is 7. The van der Waals surface area contributed by atoms with Crippen molar-refractivity contribution in [3.05, 3.63) is 12.2 Å². The van der Waals surface area contributed by atoms with Crippen LogP contribution in [0, 0.1) is 0 Å². The van der Waals surface area contributed by atoms with Crippen LogP contribution in [0.15, 0.2) is 12.2 Å². The van der Waals surface area contributed by atoms with Crippen LogP contribution in [0.4, 0.5) is 17.6 Å². The Morgan fingerprint density at radius 1 is 1.32 bits per heavy atom. The second kappa shape index (κ2) is 9.03. The predicted octanol–water partition coefficient (Wildman–Crippen LogP) is 1.89. The molecule has 8 nitrogen and oxygen atoms in total. The van der Waals surface area contributed by atoms with Crippen molar-refractivity contribution in [3.8, 4) is 0 Å². The molecule has 0 bridgehead atoms. The van der Waals surface area contributed by atoms with E-state index >= 15 is 0 Å². The summed E-state index contributed by atoms with van der Waals surface area (Å²) in [6.45, 7) is 4.35. The van der Waals surface area contributed by atoms with Gasteiger partial charge in [-0.3, -0.25) is 4.55 Å². The molecule has 1 fully saturated rings. The molecule has 1 aliphatic rings. The quantitative estimate of drug-likeness (QED) is 0.165. The third-order valence-electron chi connectivity index (χ3n) is 3.80. The van der Waals surface area contributed by atoms with E-state index in [2.05, 4.69) is 6.58 Å². The molecule has 0 saturated carbocycles. The molecule has 2 N–H and O–H groups in total. The number of aliphatic hydroxyl groups is 1. The number of hydrogen-bond donors (Lipinski definition) is 2. The van der Waals surface area contributed by atoms with E-state index in [1.807, 2.05) is 0 Å². The first-order chi connectivity index (χ1) is 12.6. The van der Waals surface area contributed by atoms with E-state index in [0.717, 1.165) is 0 Å². The Morgan fingerprint density at radius 2 is 1.93 bits per heavy atom. The lowest BCUT2D eigenvalue weighted by molar-refractivity contribution is -0.165. The average molecular weight is 438 g/mol. The van der Waals surface area contributed by atoms with Crippen molar-refractivity contribution in [2.45, 2.75) is 55.7 Å².